The van der Waals surface area contributed by atoms with Crippen LogP contribution in [0.4, 0.5) is 4.39 Å². The van der Waals surface area contributed by atoms with Crippen molar-refractivity contribution < 1.29 is 13.9 Å². The molecule has 126 valence electrons. The van der Waals surface area contributed by atoms with E-state index in [-0.39, 0.29) is 23.9 Å². The van der Waals surface area contributed by atoms with Crippen molar-refractivity contribution in [3.63, 3.8) is 0 Å². The van der Waals surface area contributed by atoms with E-state index < -0.39 is 0 Å². The lowest BCUT2D eigenvalue weighted by Crippen LogP contribution is -2.41. The number of hydrogen-bond donors (Lipinski definition) is 1. The van der Waals surface area contributed by atoms with Crippen molar-refractivity contribution in [3.8, 4) is 0 Å². The molecule has 2 unspecified atom stereocenters. The Kier molecular flexibility index (Phi) is 5.51. The predicted octanol–water partition coefficient (Wildman–Crippen LogP) is 2.91. The number of carbonyl (C=O) groups excluding carboxylic acids is 1. The lowest BCUT2D eigenvalue weighted by atomic mass is 10.0. The molecule has 1 aromatic rings. The average molecular weight is 341 g/mol. The van der Waals surface area contributed by atoms with Gasteiger partial charge in [0.05, 0.1) is 6.04 Å². The highest BCUT2D eigenvalue weighted by Crippen LogP contribution is 2.32. The van der Waals surface area contributed by atoms with Crippen LogP contribution < -0.4 is 5.32 Å². The number of ether oxygens (including phenoxy) is 1. The van der Waals surface area contributed by atoms with Crippen LogP contribution in [0.2, 0.25) is 5.02 Å². The summed E-state index contributed by atoms with van der Waals surface area (Å²) in [6.07, 6.45) is 3.46. The largest absolute Gasteiger partial charge is 0.368 e. The molecule has 0 aliphatic carbocycles. The quantitative estimate of drug-likeness (QED) is 0.896. The molecule has 2 aliphatic heterocycles. The first-order chi connectivity index (χ1) is 11.2. The number of amides is 1. The third-order valence-electron chi connectivity index (χ3n) is 4.61. The molecule has 0 bridgehead atoms. The third-order valence-corrected chi connectivity index (χ3v) is 4.94. The van der Waals surface area contributed by atoms with Gasteiger partial charge in [0.15, 0.2) is 0 Å². The van der Waals surface area contributed by atoms with Gasteiger partial charge in [0.2, 0.25) is 5.91 Å². The number of benzene rings is 1. The molecule has 2 saturated heterocycles. The SMILES string of the molecule is O=C(NCC(c1c(F)cccc1Cl)N1CCCC1)C1CCCO1. The zero-order valence-electron chi connectivity index (χ0n) is 13.1. The minimum absolute atomic E-state index is 0.112. The molecule has 23 heavy (non-hydrogen) atoms. The van der Waals surface area contributed by atoms with Crippen molar-refractivity contribution in [2.45, 2.75) is 37.8 Å². The van der Waals surface area contributed by atoms with Crippen molar-refractivity contribution in [2.75, 3.05) is 26.2 Å². The van der Waals surface area contributed by atoms with E-state index in [1.807, 2.05) is 0 Å². The zero-order chi connectivity index (χ0) is 16.2. The molecule has 1 aromatic carbocycles. The molecular formula is C17H22ClFN2O2. The number of likely N-dealkylation sites (tertiary alicyclic amines) is 1. The Morgan fingerprint density at radius 1 is 1.39 bits per heavy atom. The number of rotatable bonds is 5. The monoisotopic (exact) mass is 340 g/mol. The molecule has 1 amide bonds. The van der Waals surface area contributed by atoms with Gasteiger partial charge in [0.25, 0.3) is 0 Å². The standard InChI is InChI=1S/C17H22ClFN2O2/c18-12-5-3-6-13(19)16(12)14(21-8-1-2-9-21)11-20-17(22)15-7-4-10-23-15/h3,5-6,14-15H,1-2,4,7-11H2,(H,20,22). The van der Waals surface area contributed by atoms with Crippen molar-refractivity contribution in [2.24, 2.45) is 0 Å². The van der Waals surface area contributed by atoms with Gasteiger partial charge in [-0.25, -0.2) is 4.39 Å². The summed E-state index contributed by atoms with van der Waals surface area (Å²) >= 11 is 6.24. The highest BCUT2D eigenvalue weighted by atomic mass is 35.5. The molecular weight excluding hydrogens is 319 g/mol. The fourth-order valence-electron chi connectivity index (χ4n) is 3.39. The molecule has 2 fully saturated rings. The fraction of sp³-hybridized carbons (Fsp3) is 0.588. The molecule has 2 aliphatic rings. The van der Waals surface area contributed by atoms with Crippen LogP contribution >= 0.6 is 11.6 Å². The van der Waals surface area contributed by atoms with Crippen LogP contribution in [0.1, 0.15) is 37.3 Å². The van der Waals surface area contributed by atoms with Gasteiger partial charge in [-0.05, 0) is 50.9 Å². The Bertz CT molecular complexity index is 537. The molecule has 6 heteroatoms. The van der Waals surface area contributed by atoms with Crippen LogP contribution in [0.25, 0.3) is 0 Å². The second-order valence-corrected chi connectivity index (χ2v) is 6.55. The minimum Gasteiger partial charge on any atom is -0.368 e. The summed E-state index contributed by atoms with van der Waals surface area (Å²) in [7, 11) is 0. The van der Waals surface area contributed by atoms with E-state index in [1.165, 1.54) is 6.07 Å². The van der Waals surface area contributed by atoms with Crippen molar-refractivity contribution >= 4 is 17.5 Å². The Labute approximate surface area is 140 Å². The number of halogens is 2. The van der Waals surface area contributed by atoms with Crippen LogP contribution in [0.15, 0.2) is 18.2 Å². The van der Waals surface area contributed by atoms with Crippen molar-refractivity contribution in [1.82, 2.24) is 10.2 Å². The van der Waals surface area contributed by atoms with Gasteiger partial charge >= 0.3 is 0 Å². The number of nitrogens with zero attached hydrogens (tertiary/aromatic N) is 1. The maximum Gasteiger partial charge on any atom is 0.249 e. The summed E-state index contributed by atoms with van der Waals surface area (Å²) < 4.78 is 19.7. The lowest BCUT2D eigenvalue weighted by Gasteiger charge is -2.29. The smallest absolute Gasteiger partial charge is 0.249 e. The molecule has 0 radical (unpaired) electrons. The van der Waals surface area contributed by atoms with Gasteiger partial charge < -0.3 is 10.1 Å². The van der Waals surface area contributed by atoms with Gasteiger partial charge in [-0.15, -0.1) is 0 Å². The Balaban J connectivity index is 1.74. The molecule has 4 nitrogen and oxygen atoms in total. The minimum atomic E-state index is -0.370. The first-order valence-electron chi connectivity index (χ1n) is 8.24. The summed E-state index contributed by atoms with van der Waals surface area (Å²) in [6.45, 7) is 2.77. The van der Waals surface area contributed by atoms with Gasteiger partial charge in [-0.2, -0.15) is 0 Å². The molecule has 0 saturated carbocycles. The van der Waals surface area contributed by atoms with Crippen LogP contribution in [-0.4, -0.2) is 43.2 Å². The van der Waals surface area contributed by atoms with E-state index in [9.17, 15) is 9.18 Å². The molecule has 0 spiro atoms. The van der Waals surface area contributed by atoms with E-state index in [0.29, 0.717) is 23.7 Å². The Morgan fingerprint density at radius 2 is 2.17 bits per heavy atom. The predicted molar refractivity (Wildman–Crippen MR) is 86.9 cm³/mol. The van der Waals surface area contributed by atoms with E-state index in [0.717, 1.165) is 38.8 Å². The fourth-order valence-corrected chi connectivity index (χ4v) is 3.68. The second-order valence-electron chi connectivity index (χ2n) is 6.14. The zero-order valence-corrected chi connectivity index (χ0v) is 13.8. The third kappa shape index (κ3) is 3.84. The van der Waals surface area contributed by atoms with Crippen LogP contribution in [-0.2, 0) is 9.53 Å². The maximum atomic E-state index is 14.3. The van der Waals surface area contributed by atoms with E-state index in [2.05, 4.69) is 10.2 Å². The summed E-state index contributed by atoms with van der Waals surface area (Å²) in [4.78, 5) is 14.4. The van der Waals surface area contributed by atoms with Gasteiger partial charge in [0.1, 0.15) is 11.9 Å². The molecule has 3 rings (SSSR count). The average Bonchev–Trinajstić information content (AvgIpc) is 3.22. The van der Waals surface area contributed by atoms with E-state index in [1.54, 1.807) is 12.1 Å². The molecule has 2 atom stereocenters. The van der Waals surface area contributed by atoms with Gasteiger partial charge in [-0.3, -0.25) is 9.69 Å². The first-order valence-corrected chi connectivity index (χ1v) is 8.62. The van der Waals surface area contributed by atoms with Crippen molar-refractivity contribution in [3.05, 3.63) is 34.6 Å². The Morgan fingerprint density at radius 3 is 2.83 bits per heavy atom. The molecule has 0 aromatic heterocycles. The highest BCUT2D eigenvalue weighted by Gasteiger charge is 2.30. The highest BCUT2D eigenvalue weighted by molar-refractivity contribution is 6.31. The van der Waals surface area contributed by atoms with Crippen LogP contribution in [0, 0.1) is 5.82 Å². The van der Waals surface area contributed by atoms with Gasteiger partial charge in [-0.1, -0.05) is 17.7 Å². The first kappa shape index (κ1) is 16.7. The lowest BCUT2D eigenvalue weighted by molar-refractivity contribution is -0.130. The maximum absolute atomic E-state index is 14.3. The van der Waals surface area contributed by atoms with E-state index >= 15 is 0 Å². The Hall–Kier alpha value is -1.17. The number of hydrogen-bond acceptors (Lipinski definition) is 3. The van der Waals surface area contributed by atoms with Crippen LogP contribution in [0.3, 0.4) is 0 Å². The normalized spacial score (nSPS) is 23.1. The summed E-state index contributed by atoms with van der Waals surface area (Å²) in [5, 5.41) is 3.33. The number of nitrogens with one attached hydrogen (secondary N) is 1. The topological polar surface area (TPSA) is 41.6 Å². The van der Waals surface area contributed by atoms with Crippen molar-refractivity contribution in [1.29, 1.82) is 0 Å². The summed E-state index contributed by atoms with van der Waals surface area (Å²) in [5.41, 5.74) is 0.476. The molecule has 1 N–H and O–H groups in total. The van der Waals surface area contributed by atoms with E-state index in [4.69, 9.17) is 16.3 Å². The summed E-state index contributed by atoms with van der Waals surface area (Å²) in [6, 6.07) is 4.49. The summed E-state index contributed by atoms with van der Waals surface area (Å²) in [5.74, 6) is -0.431. The van der Waals surface area contributed by atoms with Gasteiger partial charge in [0, 0.05) is 23.7 Å². The molecule has 2 heterocycles. The second kappa shape index (κ2) is 7.60. The number of carbonyl (C=O) groups is 1. The van der Waals surface area contributed by atoms with Crippen LogP contribution in [0.5, 0.6) is 0 Å².